The summed E-state index contributed by atoms with van der Waals surface area (Å²) in [5.74, 6) is 1.58. The number of aromatic nitrogens is 1. The number of amides is 1. The molecule has 0 aliphatic carbocycles. The number of nitrogens with zero attached hydrogens (tertiary/aromatic N) is 2. The third kappa shape index (κ3) is 3.11. The second kappa shape index (κ2) is 5.88. The number of carbonyl (C=O) groups is 1. The molecule has 23 heavy (non-hydrogen) atoms. The van der Waals surface area contributed by atoms with Gasteiger partial charge in [0, 0.05) is 12.4 Å². The number of rotatable bonds is 3. The Labute approximate surface area is 135 Å². The van der Waals surface area contributed by atoms with E-state index in [1.165, 1.54) is 0 Å². The molecule has 4 heteroatoms. The van der Waals surface area contributed by atoms with E-state index >= 15 is 0 Å². The molecule has 0 aliphatic rings. The van der Waals surface area contributed by atoms with Gasteiger partial charge in [0.1, 0.15) is 11.5 Å². The number of hydrogen-bond acceptors (Lipinski definition) is 3. The van der Waals surface area contributed by atoms with Gasteiger partial charge in [-0.1, -0.05) is 11.6 Å². The first-order valence-electron chi connectivity index (χ1n) is 7.63. The van der Waals surface area contributed by atoms with E-state index in [4.69, 9.17) is 4.42 Å². The molecule has 2 heterocycles. The third-order valence-electron chi connectivity index (χ3n) is 3.93. The molecule has 2 aromatic heterocycles. The van der Waals surface area contributed by atoms with E-state index in [2.05, 4.69) is 11.1 Å². The van der Waals surface area contributed by atoms with Crippen LogP contribution in [-0.4, -0.2) is 22.8 Å². The van der Waals surface area contributed by atoms with Crippen LogP contribution >= 0.6 is 0 Å². The number of furan rings is 1. The van der Waals surface area contributed by atoms with Crippen molar-refractivity contribution in [3.8, 4) is 0 Å². The fraction of sp³-hybridized carbons (Fsp3) is 0.263. The zero-order valence-corrected chi connectivity index (χ0v) is 13.9. The molecule has 0 saturated carbocycles. The lowest BCUT2D eigenvalue weighted by atomic mass is 10.1. The molecule has 0 aliphatic heterocycles. The summed E-state index contributed by atoms with van der Waals surface area (Å²) >= 11 is 0. The molecule has 0 fully saturated rings. The molecule has 0 bridgehead atoms. The maximum Gasteiger partial charge on any atom is 0.255 e. The van der Waals surface area contributed by atoms with Crippen LogP contribution in [0.5, 0.6) is 0 Å². The largest absolute Gasteiger partial charge is 0.464 e. The van der Waals surface area contributed by atoms with Gasteiger partial charge >= 0.3 is 0 Å². The minimum absolute atomic E-state index is 0.0486. The maximum absolute atomic E-state index is 12.7. The number of carbonyl (C=O) groups excluding carboxylic acids is 1. The predicted octanol–water partition coefficient (Wildman–Crippen LogP) is 4.03. The van der Waals surface area contributed by atoms with Gasteiger partial charge in [-0.3, -0.25) is 9.78 Å². The molecule has 0 unspecified atom stereocenters. The normalized spacial score (nSPS) is 11.0. The van der Waals surface area contributed by atoms with Gasteiger partial charge in [-0.05, 0) is 51.1 Å². The van der Waals surface area contributed by atoms with Gasteiger partial charge in [0.05, 0.1) is 23.3 Å². The summed E-state index contributed by atoms with van der Waals surface area (Å²) < 4.78 is 5.55. The van der Waals surface area contributed by atoms with Crippen LogP contribution in [-0.2, 0) is 6.54 Å². The monoisotopic (exact) mass is 308 g/mol. The average molecular weight is 308 g/mol. The fourth-order valence-electron chi connectivity index (χ4n) is 2.69. The van der Waals surface area contributed by atoms with E-state index in [-0.39, 0.29) is 5.91 Å². The molecule has 3 rings (SSSR count). The fourth-order valence-corrected chi connectivity index (χ4v) is 2.69. The first-order chi connectivity index (χ1) is 10.9. The Morgan fingerprint density at radius 1 is 1.13 bits per heavy atom. The van der Waals surface area contributed by atoms with E-state index in [1.807, 2.05) is 51.1 Å². The molecule has 0 spiro atoms. The summed E-state index contributed by atoms with van der Waals surface area (Å²) in [7, 11) is 1.78. The summed E-state index contributed by atoms with van der Waals surface area (Å²) in [6.45, 7) is 6.24. The lowest BCUT2D eigenvalue weighted by Crippen LogP contribution is -2.27. The molecule has 0 radical (unpaired) electrons. The molecular weight excluding hydrogens is 288 g/mol. The number of benzene rings is 1. The topological polar surface area (TPSA) is 46.3 Å². The first kappa shape index (κ1) is 15.3. The van der Waals surface area contributed by atoms with Crippen LogP contribution in [0.1, 0.15) is 33.1 Å². The highest BCUT2D eigenvalue weighted by molar-refractivity contribution is 5.98. The van der Waals surface area contributed by atoms with Crippen LogP contribution in [0.3, 0.4) is 0 Å². The van der Waals surface area contributed by atoms with Crippen molar-refractivity contribution in [3.05, 3.63) is 64.7 Å². The molecule has 3 aromatic rings. The minimum Gasteiger partial charge on any atom is -0.464 e. The Morgan fingerprint density at radius 3 is 2.61 bits per heavy atom. The Balaban J connectivity index is 1.91. The van der Waals surface area contributed by atoms with Crippen molar-refractivity contribution >= 4 is 16.8 Å². The van der Waals surface area contributed by atoms with E-state index in [9.17, 15) is 4.79 Å². The van der Waals surface area contributed by atoms with E-state index in [0.29, 0.717) is 12.1 Å². The van der Waals surface area contributed by atoms with Crippen LogP contribution in [0.2, 0.25) is 0 Å². The maximum atomic E-state index is 12.7. The van der Waals surface area contributed by atoms with Gasteiger partial charge in [-0.2, -0.15) is 0 Å². The number of pyridine rings is 1. The quantitative estimate of drug-likeness (QED) is 0.734. The van der Waals surface area contributed by atoms with E-state index in [0.717, 1.165) is 33.7 Å². The zero-order chi connectivity index (χ0) is 16.6. The molecular formula is C19H20N2O2. The lowest BCUT2D eigenvalue weighted by Gasteiger charge is -2.17. The van der Waals surface area contributed by atoms with Gasteiger partial charge in [0.2, 0.25) is 0 Å². The van der Waals surface area contributed by atoms with Crippen LogP contribution < -0.4 is 0 Å². The highest BCUT2D eigenvalue weighted by atomic mass is 16.3. The molecule has 0 N–H and O–H groups in total. The summed E-state index contributed by atoms with van der Waals surface area (Å²) in [6, 6.07) is 11.8. The van der Waals surface area contributed by atoms with Crippen molar-refractivity contribution < 1.29 is 9.21 Å². The molecule has 4 nitrogen and oxygen atoms in total. The predicted molar refractivity (Wildman–Crippen MR) is 90.5 cm³/mol. The van der Waals surface area contributed by atoms with Crippen molar-refractivity contribution in [2.45, 2.75) is 27.3 Å². The molecule has 0 saturated heterocycles. The minimum atomic E-state index is -0.0486. The molecule has 1 aromatic carbocycles. The molecule has 1 amide bonds. The Morgan fingerprint density at radius 2 is 1.91 bits per heavy atom. The highest BCUT2D eigenvalue weighted by Crippen LogP contribution is 2.20. The lowest BCUT2D eigenvalue weighted by molar-refractivity contribution is 0.0774. The summed E-state index contributed by atoms with van der Waals surface area (Å²) in [4.78, 5) is 19.0. The van der Waals surface area contributed by atoms with Crippen molar-refractivity contribution in [2.75, 3.05) is 7.05 Å². The zero-order valence-electron chi connectivity index (χ0n) is 13.9. The second-order valence-electron chi connectivity index (χ2n) is 5.99. The van der Waals surface area contributed by atoms with Gasteiger partial charge in [0.25, 0.3) is 5.91 Å². The standard InChI is InChI=1S/C19H20N2O2/c1-12-5-8-18-15(9-12)10-17(14(3)20-18)19(22)21(4)11-16-7-6-13(2)23-16/h5-10H,11H2,1-4H3. The first-order valence-corrected chi connectivity index (χ1v) is 7.63. The Hall–Kier alpha value is -2.62. The van der Waals surface area contributed by atoms with Crippen LogP contribution in [0, 0.1) is 20.8 Å². The smallest absolute Gasteiger partial charge is 0.255 e. The third-order valence-corrected chi connectivity index (χ3v) is 3.93. The Kier molecular flexibility index (Phi) is 3.90. The summed E-state index contributed by atoms with van der Waals surface area (Å²) in [5.41, 5.74) is 3.44. The van der Waals surface area contributed by atoms with Crippen LogP contribution in [0.25, 0.3) is 10.9 Å². The van der Waals surface area contributed by atoms with E-state index in [1.54, 1.807) is 11.9 Å². The molecule has 0 atom stereocenters. The molecule has 118 valence electrons. The van der Waals surface area contributed by atoms with E-state index < -0.39 is 0 Å². The Bertz CT molecular complexity index is 880. The van der Waals surface area contributed by atoms with Crippen molar-refractivity contribution in [2.24, 2.45) is 0 Å². The van der Waals surface area contributed by atoms with Crippen LogP contribution in [0.15, 0.2) is 40.8 Å². The van der Waals surface area contributed by atoms with Gasteiger partial charge in [-0.25, -0.2) is 0 Å². The van der Waals surface area contributed by atoms with Gasteiger partial charge in [0.15, 0.2) is 0 Å². The van der Waals surface area contributed by atoms with Crippen molar-refractivity contribution in [1.29, 1.82) is 0 Å². The summed E-state index contributed by atoms with van der Waals surface area (Å²) in [6.07, 6.45) is 0. The highest BCUT2D eigenvalue weighted by Gasteiger charge is 2.17. The SMILES string of the molecule is Cc1ccc2nc(C)c(C(=O)N(C)Cc3ccc(C)o3)cc2c1. The van der Waals surface area contributed by atoms with Crippen LogP contribution in [0.4, 0.5) is 0 Å². The van der Waals surface area contributed by atoms with Crippen molar-refractivity contribution in [3.63, 3.8) is 0 Å². The van der Waals surface area contributed by atoms with Gasteiger partial charge < -0.3 is 9.32 Å². The summed E-state index contributed by atoms with van der Waals surface area (Å²) in [5, 5.41) is 0.987. The van der Waals surface area contributed by atoms with Crippen molar-refractivity contribution in [1.82, 2.24) is 9.88 Å². The number of hydrogen-bond donors (Lipinski definition) is 0. The number of aryl methyl sites for hydroxylation is 3. The number of fused-ring (bicyclic) bond motifs is 1. The second-order valence-corrected chi connectivity index (χ2v) is 5.99. The average Bonchev–Trinajstić information content (AvgIpc) is 2.91. The van der Waals surface area contributed by atoms with Gasteiger partial charge in [-0.15, -0.1) is 0 Å².